The van der Waals surface area contributed by atoms with Gasteiger partial charge < -0.3 is 10.6 Å². The van der Waals surface area contributed by atoms with E-state index in [2.05, 4.69) is 0 Å². The van der Waals surface area contributed by atoms with E-state index in [0.717, 1.165) is 13.1 Å². The van der Waals surface area contributed by atoms with Crippen LogP contribution in [0.25, 0.3) is 0 Å². The van der Waals surface area contributed by atoms with Gasteiger partial charge in [-0.15, -0.1) is 0 Å². The van der Waals surface area contributed by atoms with Gasteiger partial charge in [0.2, 0.25) is 0 Å². The average Bonchev–Trinajstić information content (AvgIpc) is 3.10. The summed E-state index contributed by atoms with van der Waals surface area (Å²) in [6.45, 7) is 1.61. The van der Waals surface area contributed by atoms with Crippen LogP contribution >= 0.6 is 0 Å². The lowest BCUT2D eigenvalue weighted by atomic mass is 10.1. The van der Waals surface area contributed by atoms with Gasteiger partial charge in [0.05, 0.1) is 4.92 Å². The number of carbonyl (C=O) groups is 1. The summed E-state index contributed by atoms with van der Waals surface area (Å²) < 4.78 is 0. The van der Waals surface area contributed by atoms with Crippen molar-refractivity contribution in [3.8, 4) is 0 Å². The van der Waals surface area contributed by atoms with Crippen LogP contribution in [0.1, 0.15) is 10.4 Å². The molecule has 1 saturated heterocycles. The molecule has 8 heteroatoms. The Hall–Kier alpha value is -2.35. The molecule has 0 aromatic heterocycles. The first-order chi connectivity index (χ1) is 8.04. The molecule has 1 fully saturated rings. The summed E-state index contributed by atoms with van der Waals surface area (Å²) in [6.07, 6.45) is 0. The molecule has 1 aliphatic heterocycles. The molecule has 1 amide bonds. The fourth-order valence-electron chi connectivity index (χ4n) is 1.58. The monoisotopic (exact) mass is 238 g/mol. The number of anilines is 2. The third-order valence-electron chi connectivity index (χ3n) is 2.48. The number of primary amides is 1. The largest absolute Gasteiger partial charge is 0.368 e. The highest BCUT2D eigenvalue weighted by atomic mass is 16.6. The Balaban J connectivity index is 2.62. The number of hydrogen-bond donors (Lipinski definition) is 3. The molecule has 8 nitrogen and oxygen atoms in total. The Morgan fingerprint density at radius 3 is 2.59 bits per heavy atom. The second-order valence-electron chi connectivity index (χ2n) is 3.61. The van der Waals surface area contributed by atoms with Crippen molar-refractivity contribution < 1.29 is 14.9 Å². The molecule has 1 aliphatic rings. The minimum atomic E-state index is -0.906. The summed E-state index contributed by atoms with van der Waals surface area (Å²) in [5, 5.41) is 19.7. The van der Waals surface area contributed by atoms with Crippen molar-refractivity contribution >= 4 is 23.0 Å². The predicted molar refractivity (Wildman–Crippen MR) is 59.2 cm³/mol. The van der Waals surface area contributed by atoms with Crippen LogP contribution in [0.15, 0.2) is 12.1 Å². The first-order valence-electron chi connectivity index (χ1n) is 4.82. The van der Waals surface area contributed by atoms with Crippen molar-refractivity contribution in [2.24, 2.45) is 5.73 Å². The van der Waals surface area contributed by atoms with Crippen LogP contribution in [0.2, 0.25) is 0 Å². The Labute approximate surface area is 95.7 Å². The normalized spacial score (nSPS) is 13.4. The van der Waals surface area contributed by atoms with E-state index < -0.39 is 16.5 Å². The quantitative estimate of drug-likeness (QED) is 0.394. The van der Waals surface area contributed by atoms with Crippen molar-refractivity contribution in [1.29, 1.82) is 0 Å². The van der Waals surface area contributed by atoms with Gasteiger partial charge in [0, 0.05) is 18.8 Å². The van der Waals surface area contributed by atoms with Crippen molar-refractivity contribution in [1.82, 2.24) is 0 Å². The molecule has 1 heterocycles. The Morgan fingerprint density at radius 2 is 2.18 bits per heavy atom. The van der Waals surface area contributed by atoms with Gasteiger partial charge in [0.15, 0.2) is 0 Å². The molecule has 0 bridgehead atoms. The van der Waals surface area contributed by atoms with E-state index in [9.17, 15) is 14.9 Å². The molecule has 0 atom stereocenters. The molecular formula is C9H10N4O4. The fourth-order valence-corrected chi connectivity index (χ4v) is 1.58. The van der Waals surface area contributed by atoms with E-state index in [1.54, 1.807) is 5.48 Å². The zero-order valence-electron chi connectivity index (χ0n) is 8.71. The number of nitro groups is 1. The van der Waals surface area contributed by atoms with Gasteiger partial charge in [-0.25, -0.2) is 0 Å². The van der Waals surface area contributed by atoms with Crippen LogP contribution in [0.3, 0.4) is 0 Å². The SMILES string of the molecule is NC(=O)c1cc(N2CC2)cc(NO)c1[N+](=O)[O-]. The minimum Gasteiger partial charge on any atom is -0.368 e. The average molecular weight is 238 g/mol. The molecule has 17 heavy (non-hydrogen) atoms. The van der Waals surface area contributed by atoms with E-state index >= 15 is 0 Å². The van der Waals surface area contributed by atoms with Crippen LogP contribution in [-0.2, 0) is 0 Å². The van der Waals surface area contributed by atoms with Crippen LogP contribution < -0.4 is 16.1 Å². The first-order valence-corrected chi connectivity index (χ1v) is 4.82. The van der Waals surface area contributed by atoms with E-state index in [4.69, 9.17) is 10.9 Å². The summed E-state index contributed by atoms with van der Waals surface area (Å²) in [5.41, 5.74) is 6.53. The van der Waals surface area contributed by atoms with Crippen LogP contribution in [0.4, 0.5) is 17.1 Å². The number of nitrogens with two attached hydrogens (primary N) is 1. The summed E-state index contributed by atoms with van der Waals surface area (Å²) in [7, 11) is 0. The maximum atomic E-state index is 11.2. The van der Waals surface area contributed by atoms with Gasteiger partial charge in [-0.05, 0) is 12.1 Å². The molecule has 0 aliphatic carbocycles. The maximum absolute atomic E-state index is 11.2. The number of hydrogen-bond acceptors (Lipinski definition) is 6. The van der Waals surface area contributed by atoms with Crippen molar-refractivity contribution in [2.45, 2.75) is 0 Å². The van der Waals surface area contributed by atoms with Gasteiger partial charge in [0.1, 0.15) is 11.3 Å². The maximum Gasteiger partial charge on any atom is 0.307 e. The number of amides is 1. The predicted octanol–water partition coefficient (Wildman–Crippen LogP) is 0.315. The number of carbonyl (C=O) groups excluding carboxylic acids is 1. The summed E-state index contributed by atoms with van der Waals surface area (Å²) in [4.78, 5) is 23.1. The summed E-state index contributed by atoms with van der Waals surface area (Å²) >= 11 is 0. The molecule has 1 aromatic carbocycles. The van der Waals surface area contributed by atoms with Crippen LogP contribution in [0.5, 0.6) is 0 Å². The second kappa shape index (κ2) is 3.91. The number of rotatable bonds is 4. The third kappa shape index (κ3) is 1.97. The Kier molecular flexibility index (Phi) is 2.56. The molecule has 0 radical (unpaired) electrons. The molecule has 4 N–H and O–H groups in total. The second-order valence-corrected chi connectivity index (χ2v) is 3.61. The molecule has 0 spiro atoms. The van der Waals surface area contributed by atoms with Gasteiger partial charge >= 0.3 is 5.69 Å². The van der Waals surface area contributed by atoms with E-state index in [1.807, 2.05) is 4.90 Å². The van der Waals surface area contributed by atoms with Crippen molar-refractivity contribution in [3.05, 3.63) is 27.8 Å². The third-order valence-corrected chi connectivity index (χ3v) is 2.48. The van der Waals surface area contributed by atoms with Crippen LogP contribution in [-0.4, -0.2) is 29.1 Å². The highest BCUT2D eigenvalue weighted by Crippen LogP contribution is 2.35. The number of nitro benzene ring substituents is 1. The van der Waals surface area contributed by atoms with Crippen molar-refractivity contribution in [3.63, 3.8) is 0 Å². The number of nitrogens with one attached hydrogen (secondary N) is 1. The van der Waals surface area contributed by atoms with Gasteiger partial charge in [-0.2, -0.15) is 0 Å². The van der Waals surface area contributed by atoms with Gasteiger partial charge in [0.25, 0.3) is 5.91 Å². The molecular weight excluding hydrogens is 228 g/mol. The highest BCUT2D eigenvalue weighted by molar-refractivity contribution is 6.01. The zero-order valence-corrected chi connectivity index (χ0v) is 8.71. The minimum absolute atomic E-state index is 0.145. The molecule has 0 saturated carbocycles. The summed E-state index contributed by atoms with van der Waals surface area (Å²) in [6, 6.07) is 2.76. The fraction of sp³-hybridized carbons (Fsp3) is 0.222. The Morgan fingerprint density at radius 1 is 1.53 bits per heavy atom. The van der Waals surface area contributed by atoms with Gasteiger partial charge in [-0.1, -0.05) is 0 Å². The number of nitrogens with zero attached hydrogens (tertiary/aromatic N) is 2. The van der Waals surface area contributed by atoms with E-state index in [1.165, 1.54) is 12.1 Å². The molecule has 1 aromatic rings. The zero-order chi connectivity index (χ0) is 12.6. The van der Waals surface area contributed by atoms with E-state index in [-0.39, 0.29) is 11.3 Å². The molecule has 90 valence electrons. The highest BCUT2D eigenvalue weighted by Gasteiger charge is 2.28. The van der Waals surface area contributed by atoms with Crippen LogP contribution in [0, 0.1) is 10.1 Å². The lowest BCUT2D eigenvalue weighted by molar-refractivity contribution is -0.384. The van der Waals surface area contributed by atoms with E-state index in [0.29, 0.717) is 5.69 Å². The Bertz CT molecular complexity index is 498. The smallest absolute Gasteiger partial charge is 0.307 e. The van der Waals surface area contributed by atoms with Crippen molar-refractivity contribution in [2.75, 3.05) is 23.5 Å². The topological polar surface area (TPSA) is 122 Å². The number of benzene rings is 1. The first kappa shape index (κ1) is 11.1. The van der Waals surface area contributed by atoms with Gasteiger partial charge in [-0.3, -0.25) is 25.6 Å². The molecule has 2 rings (SSSR count). The molecule has 0 unspecified atom stereocenters. The standard InChI is InChI=1S/C9H10N4O4/c10-9(14)6-3-5(12-1-2-12)4-7(11-15)8(6)13(16)17/h3-4,11,15H,1-2H2,(H2,10,14). The summed E-state index contributed by atoms with van der Waals surface area (Å²) in [5.74, 6) is -0.906. The lowest BCUT2D eigenvalue weighted by Gasteiger charge is -2.09. The lowest BCUT2D eigenvalue weighted by Crippen LogP contribution is -2.15.